The number of hydrogen-bond donors (Lipinski definition) is 1. The van der Waals surface area contributed by atoms with Crippen LogP contribution in [0.3, 0.4) is 0 Å². The lowest BCUT2D eigenvalue weighted by molar-refractivity contribution is 0.167. The first-order chi connectivity index (χ1) is 15.2. The van der Waals surface area contributed by atoms with Gasteiger partial charge in [0.05, 0.1) is 0 Å². The van der Waals surface area contributed by atoms with E-state index < -0.39 is 25.0 Å². The fourth-order valence-electron chi connectivity index (χ4n) is 4.51. The molecule has 0 atom stereocenters. The Morgan fingerprint density at radius 1 is 0.906 bits per heavy atom. The second-order valence-corrected chi connectivity index (χ2v) is 11.8. The van der Waals surface area contributed by atoms with E-state index in [9.17, 15) is 21.9 Å². The molecule has 2 heterocycles. The van der Waals surface area contributed by atoms with Gasteiger partial charge in [-0.05, 0) is 75.5 Å². The smallest absolute Gasteiger partial charge is 0.340 e. The van der Waals surface area contributed by atoms with Gasteiger partial charge in [0.15, 0.2) is 0 Å². The van der Waals surface area contributed by atoms with Gasteiger partial charge in [-0.3, -0.25) is 0 Å². The molecule has 2 aromatic rings. The Balaban J connectivity index is 1.58. The van der Waals surface area contributed by atoms with E-state index in [0.29, 0.717) is 24.7 Å². The number of phenols is 1. The van der Waals surface area contributed by atoms with Crippen molar-refractivity contribution in [3.8, 4) is 11.5 Å². The van der Waals surface area contributed by atoms with E-state index in [4.69, 9.17) is 4.18 Å². The first kappa shape index (κ1) is 23.0. The Morgan fingerprint density at radius 2 is 1.53 bits per heavy atom. The van der Waals surface area contributed by atoms with Crippen molar-refractivity contribution >= 4 is 20.1 Å². The highest BCUT2D eigenvalue weighted by molar-refractivity contribution is 7.91. The van der Waals surface area contributed by atoms with E-state index >= 15 is 0 Å². The van der Waals surface area contributed by atoms with E-state index in [1.165, 1.54) is 59.6 Å². The highest BCUT2D eigenvalue weighted by atomic mass is 32.2. The Bertz CT molecular complexity index is 1160. The number of piperidine rings is 1. The summed E-state index contributed by atoms with van der Waals surface area (Å²) in [7, 11) is -8.47. The number of aromatic hydroxyl groups is 1. The molecule has 10 heteroatoms. The van der Waals surface area contributed by atoms with Crippen LogP contribution in [0, 0.1) is 6.92 Å². The third-order valence-corrected chi connectivity index (χ3v) is 9.45. The summed E-state index contributed by atoms with van der Waals surface area (Å²) in [5, 5.41) is 9.73. The topological polar surface area (TPSA) is 104 Å². The van der Waals surface area contributed by atoms with Gasteiger partial charge < -0.3 is 14.2 Å². The van der Waals surface area contributed by atoms with Gasteiger partial charge in [-0.2, -0.15) is 12.7 Å². The van der Waals surface area contributed by atoms with Crippen LogP contribution < -0.4 is 4.18 Å². The average molecular weight is 481 g/mol. The number of sulfonamides is 1. The highest BCUT2D eigenvalue weighted by Crippen LogP contribution is 2.31. The Kier molecular flexibility index (Phi) is 6.49. The standard InChI is InChI=1S/C22H28N2O6S2/c1-17-14-19(25)16-20(15-17)30-32(28,29)22-7-3-2-6-21(22)31(26,27)24-12-8-18(9-13-24)23-10-4-5-11-23/h2-3,6-7,14-16,18,25H,4-5,8-13H2,1H3. The highest BCUT2D eigenvalue weighted by Gasteiger charge is 2.36. The second-order valence-electron chi connectivity index (χ2n) is 8.37. The maximum atomic E-state index is 13.4. The van der Waals surface area contributed by atoms with E-state index in [0.717, 1.165) is 25.9 Å². The molecule has 0 bridgehead atoms. The molecule has 32 heavy (non-hydrogen) atoms. The molecule has 0 spiro atoms. The minimum Gasteiger partial charge on any atom is -0.508 e. The van der Waals surface area contributed by atoms with Gasteiger partial charge in [0.1, 0.15) is 21.3 Å². The van der Waals surface area contributed by atoms with Gasteiger partial charge in [0, 0.05) is 25.2 Å². The molecule has 0 aromatic heterocycles. The van der Waals surface area contributed by atoms with Crippen LogP contribution in [0.4, 0.5) is 0 Å². The number of likely N-dealkylation sites (tertiary alicyclic amines) is 1. The summed E-state index contributed by atoms with van der Waals surface area (Å²) in [6, 6.07) is 9.96. The van der Waals surface area contributed by atoms with Crippen LogP contribution in [-0.2, 0) is 20.1 Å². The van der Waals surface area contributed by atoms with Crippen LogP contribution in [0.1, 0.15) is 31.2 Å². The van der Waals surface area contributed by atoms with Crippen LogP contribution in [0.2, 0.25) is 0 Å². The molecule has 2 fully saturated rings. The van der Waals surface area contributed by atoms with Gasteiger partial charge in [-0.25, -0.2) is 8.42 Å². The van der Waals surface area contributed by atoms with Crippen molar-refractivity contribution in [2.45, 2.75) is 48.4 Å². The number of aryl methyl sites for hydroxylation is 1. The Labute approximate surface area is 189 Å². The molecule has 0 amide bonds. The number of nitrogens with zero attached hydrogens (tertiary/aromatic N) is 2. The molecule has 8 nitrogen and oxygen atoms in total. The van der Waals surface area contributed by atoms with Crippen LogP contribution in [0.15, 0.2) is 52.3 Å². The van der Waals surface area contributed by atoms with Crippen LogP contribution in [0.5, 0.6) is 11.5 Å². The minimum atomic E-state index is -4.45. The van der Waals surface area contributed by atoms with Crippen LogP contribution >= 0.6 is 0 Å². The zero-order valence-electron chi connectivity index (χ0n) is 18.0. The summed E-state index contributed by atoms with van der Waals surface area (Å²) >= 11 is 0. The largest absolute Gasteiger partial charge is 0.508 e. The lowest BCUT2D eigenvalue weighted by atomic mass is 10.1. The molecule has 0 radical (unpaired) electrons. The molecule has 2 aliphatic heterocycles. The third kappa shape index (κ3) is 4.78. The fourth-order valence-corrected chi connectivity index (χ4v) is 7.68. The normalized spacial score (nSPS) is 19.3. The van der Waals surface area contributed by atoms with Gasteiger partial charge in [0.2, 0.25) is 10.0 Å². The van der Waals surface area contributed by atoms with Crippen molar-refractivity contribution in [3.05, 3.63) is 48.0 Å². The van der Waals surface area contributed by atoms with Crippen molar-refractivity contribution in [3.63, 3.8) is 0 Å². The summed E-state index contributed by atoms with van der Waals surface area (Å²) in [5.41, 5.74) is 0.608. The van der Waals surface area contributed by atoms with E-state index in [1.807, 2.05) is 0 Å². The van der Waals surface area contributed by atoms with Gasteiger partial charge >= 0.3 is 10.1 Å². The van der Waals surface area contributed by atoms with Gasteiger partial charge in [-0.15, -0.1) is 0 Å². The summed E-state index contributed by atoms with van der Waals surface area (Å²) in [4.78, 5) is 1.71. The minimum absolute atomic E-state index is 0.0823. The molecule has 1 N–H and O–H groups in total. The van der Waals surface area contributed by atoms with Gasteiger partial charge in [-0.1, -0.05) is 12.1 Å². The first-order valence-corrected chi connectivity index (χ1v) is 13.6. The number of hydrogen-bond acceptors (Lipinski definition) is 7. The second kappa shape index (κ2) is 9.01. The van der Waals surface area contributed by atoms with Crippen molar-refractivity contribution < 1.29 is 26.1 Å². The molecular formula is C22H28N2O6S2. The zero-order chi connectivity index (χ0) is 22.9. The third-order valence-electron chi connectivity index (χ3n) is 6.06. The van der Waals surface area contributed by atoms with Crippen molar-refractivity contribution in [1.29, 1.82) is 0 Å². The van der Waals surface area contributed by atoms with Crippen molar-refractivity contribution in [2.75, 3.05) is 26.2 Å². The first-order valence-electron chi connectivity index (χ1n) is 10.8. The molecule has 0 unspecified atom stereocenters. The molecular weight excluding hydrogens is 452 g/mol. The van der Waals surface area contributed by atoms with E-state index in [2.05, 4.69) is 4.90 Å². The Morgan fingerprint density at radius 3 is 2.16 bits per heavy atom. The SMILES string of the molecule is Cc1cc(O)cc(OS(=O)(=O)c2ccccc2S(=O)(=O)N2CCC(N3CCCC3)CC2)c1. The van der Waals surface area contributed by atoms with E-state index in [-0.39, 0.29) is 16.4 Å². The van der Waals surface area contributed by atoms with E-state index in [1.54, 1.807) is 6.92 Å². The summed E-state index contributed by atoms with van der Waals surface area (Å²) in [6.45, 7) is 4.51. The monoisotopic (exact) mass is 480 g/mol. The molecule has 2 aliphatic rings. The molecule has 2 aromatic carbocycles. The lowest BCUT2D eigenvalue weighted by Gasteiger charge is -2.36. The average Bonchev–Trinajstić information content (AvgIpc) is 3.28. The van der Waals surface area contributed by atoms with Crippen LogP contribution in [0.25, 0.3) is 0 Å². The summed E-state index contributed by atoms with van der Waals surface area (Å²) in [5.74, 6) is -0.224. The number of phenolic OH excluding ortho intramolecular Hbond substituents is 1. The summed E-state index contributed by atoms with van der Waals surface area (Å²) in [6.07, 6.45) is 3.82. The maximum absolute atomic E-state index is 13.4. The Hall–Kier alpha value is -2.14. The molecule has 4 rings (SSSR count). The molecule has 0 saturated carbocycles. The quantitative estimate of drug-likeness (QED) is 0.634. The lowest BCUT2D eigenvalue weighted by Crippen LogP contribution is -2.46. The number of rotatable bonds is 6. The van der Waals surface area contributed by atoms with Gasteiger partial charge in [0.25, 0.3) is 0 Å². The predicted octanol–water partition coefficient (Wildman–Crippen LogP) is 2.72. The van der Waals surface area contributed by atoms with Crippen molar-refractivity contribution in [2.24, 2.45) is 0 Å². The predicted molar refractivity (Wildman–Crippen MR) is 120 cm³/mol. The summed E-state index contributed by atoms with van der Waals surface area (Å²) < 4.78 is 59.4. The van der Waals surface area contributed by atoms with Crippen LogP contribution in [-0.4, -0.2) is 63.4 Å². The van der Waals surface area contributed by atoms with Crippen molar-refractivity contribution in [1.82, 2.24) is 9.21 Å². The maximum Gasteiger partial charge on any atom is 0.340 e. The fraction of sp³-hybridized carbons (Fsp3) is 0.455. The molecule has 2 saturated heterocycles. The molecule has 174 valence electrons. The number of benzene rings is 2. The molecule has 0 aliphatic carbocycles. The zero-order valence-corrected chi connectivity index (χ0v) is 19.6.